The fraction of sp³-hybridized carbons (Fsp3) is 0.379. The fourth-order valence-corrected chi connectivity index (χ4v) is 4.31. The van der Waals surface area contributed by atoms with E-state index in [-0.39, 0.29) is 18.2 Å². The Morgan fingerprint density at radius 1 is 1.06 bits per heavy atom. The molecule has 2 aromatic rings. The lowest BCUT2D eigenvalue weighted by molar-refractivity contribution is -0.127. The Bertz CT molecular complexity index is 1180. The van der Waals surface area contributed by atoms with Crippen LogP contribution in [0, 0.1) is 0 Å². The minimum atomic E-state index is -0.314. The second-order valence-electron chi connectivity index (χ2n) is 9.10. The average molecular weight is 489 g/mol. The smallest absolute Gasteiger partial charge is 0.255 e. The number of rotatable bonds is 11. The van der Waals surface area contributed by atoms with Crippen LogP contribution in [0.3, 0.4) is 0 Å². The third-order valence-corrected chi connectivity index (χ3v) is 6.14. The number of nitrogens with one attached hydrogen (secondary N) is 1. The van der Waals surface area contributed by atoms with Crippen molar-refractivity contribution in [1.82, 2.24) is 4.90 Å². The summed E-state index contributed by atoms with van der Waals surface area (Å²) in [5.41, 5.74) is 10.6. The van der Waals surface area contributed by atoms with Crippen molar-refractivity contribution in [3.8, 4) is 0 Å². The van der Waals surface area contributed by atoms with E-state index >= 15 is 0 Å². The van der Waals surface area contributed by atoms with E-state index in [1.807, 2.05) is 23.1 Å². The lowest BCUT2D eigenvalue weighted by Crippen LogP contribution is -2.34. The lowest BCUT2D eigenvalue weighted by atomic mass is 10.0. The number of amidine groups is 1. The number of fused-ring (bicyclic) bond motifs is 1. The van der Waals surface area contributed by atoms with Crippen molar-refractivity contribution in [2.75, 3.05) is 18.4 Å². The maximum Gasteiger partial charge on any atom is 0.255 e. The van der Waals surface area contributed by atoms with Crippen LogP contribution in [0.25, 0.3) is 6.08 Å². The largest absolute Gasteiger partial charge is 0.387 e. The molecule has 0 saturated carbocycles. The molecule has 7 heteroatoms. The Balaban J connectivity index is 1.83. The number of unbranched alkanes of at least 4 members (excludes halogenated alkanes) is 1. The summed E-state index contributed by atoms with van der Waals surface area (Å²) in [5, 5.41) is 2.87. The van der Waals surface area contributed by atoms with Crippen molar-refractivity contribution < 1.29 is 14.4 Å². The Morgan fingerprint density at radius 2 is 1.81 bits per heavy atom. The molecule has 0 radical (unpaired) electrons. The van der Waals surface area contributed by atoms with Crippen LogP contribution in [0.2, 0.25) is 0 Å². The number of aliphatic imine (C=N–C) groups is 1. The van der Waals surface area contributed by atoms with Gasteiger partial charge in [-0.15, -0.1) is 0 Å². The molecule has 1 heterocycles. The molecule has 0 saturated heterocycles. The Labute approximate surface area is 213 Å². The molecule has 36 heavy (non-hydrogen) atoms. The highest BCUT2D eigenvalue weighted by Crippen LogP contribution is 2.29. The zero-order valence-electron chi connectivity index (χ0n) is 21.5. The molecule has 0 bridgehead atoms. The third kappa shape index (κ3) is 6.68. The molecule has 1 aliphatic heterocycles. The topological polar surface area (TPSA) is 105 Å². The normalized spacial score (nSPS) is 12.6. The minimum Gasteiger partial charge on any atom is -0.387 e. The predicted octanol–water partition coefficient (Wildman–Crippen LogP) is 5.52. The molecule has 0 unspecified atom stereocenters. The highest BCUT2D eigenvalue weighted by molar-refractivity contribution is 6.08. The van der Waals surface area contributed by atoms with Gasteiger partial charge in [0.15, 0.2) is 0 Å². The van der Waals surface area contributed by atoms with Gasteiger partial charge in [0, 0.05) is 47.5 Å². The molecule has 1 aliphatic rings. The van der Waals surface area contributed by atoms with Crippen LogP contribution in [0.5, 0.6) is 0 Å². The van der Waals surface area contributed by atoms with E-state index in [9.17, 15) is 14.4 Å². The van der Waals surface area contributed by atoms with Gasteiger partial charge in [0.25, 0.3) is 5.91 Å². The average Bonchev–Trinajstić information content (AvgIpc) is 3.04. The molecule has 0 spiro atoms. The second-order valence-corrected chi connectivity index (χ2v) is 9.10. The first-order valence-electron chi connectivity index (χ1n) is 12.8. The monoisotopic (exact) mass is 488 g/mol. The molecular formula is C29H36N4O3. The van der Waals surface area contributed by atoms with Crippen molar-refractivity contribution in [2.24, 2.45) is 10.7 Å². The first-order valence-corrected chi connectivity index (χ1v) is 12.8. The number of anilines is 1. The summed E-state index contributed by atoms with van der Waals surface area (Å²) < 4.78 is 0. The van der Waals surface area contributed by atoms with E-state index in [1.165, 1.54) is 0 Å². The Morgan fingerprint density at radius 3 is 2.47 bits per heavy atom. The number of aldehydes is 1. The summed E-state index contributed by atoms with van der Waals surface area (Å²) in [5.74, 6) is -0.0108. The van der Waals surface area contributed by atoms with Crippen LogP contribution in [-0.2, 0) is 11.2 Å². The highest BCUT2D eigenvalue weighted by Gasteiger charge is 2.21. The minimum absolute atomic E-state index is 0.0279. The second kappa shape index (κ2) is 12.8. The Kier molecular flexibility index (Phi) is 9.56. The zero-order chi connectivity index (χ0) is 26.1. The van der Waals surface area contributed by atoms with E-state index in [1.54, 1.807) is 24.3 Å². The fourth-order valence-electron chi connectivity index (χ4n) is 4.31. The van der Waals surface area contributed by atoms with Gasteiger partial charge in [0.1, 0.15) is 12.1 Å². The van der Waals surface area contributed by atoms with Crippen LogP contribution in [-0.4, -0.2) is 41.9 Å². The van der Waals surface area contributed by atoms with Gasteiger partial charge in [-0.2, -0.15) is 0 Å². The summed E-state index contributed by atoms with van der Waals surface area (Å²) in [7, 11) is 0. The number of hydrogen-bond donors (Lipinski definition) is 2. The van der Waals surface area contributed by atoms with E-state index < -0.39 is 0 Å². The van der Waals surface area contributed by atoms with E-state index in [4.69, 9.17) is 5.73 Å². The molecule has 0 atom stereocenters. The molecule has 2 amide bonds. The Hall–Kier alpha value is -3.74. The molecule has 3 N–H and O–H groups in total. The van der Waals surface area contributed by atoms with Gasteiger partial charge in [-0.1, -0.05) is 39.3 Å². The maximum absolute atomic E-state index is 13.2. The van der Waals surface area contributed by atoms with Gasteiger partial charge in [0.2, 0.25) is 5.91 Å². The summed E-state index contributed by atoms with van der Waals surface area (Å²) in [4.78, 5) is 44.0. The number of benzene rings is 2. The van der Waals surface area contributed by atoms with Crippen molar-refractivity contribution in [1.29, 1.82) is 0 Å². The molecule has 7 nitrogen and oxygen atoms in total. The summed E-state index contributed by atoms with van der Waals surface area (Å²) in [6, 6.07) is 10.6. The van der Waals surface area contributed by atoms with Gasteiger partial charge in [-0.3, -0.25) is 14.4 Å². The number of amides is 2. The molecular weight excluding hydrogens is 452 g/mol. The summed E-state index contributed by atoms with van der Waals surface area (Å²) in [6.45, 7) is 7.59. The van der Waals surface area contributed by atoms with E-state index in [2.05, 4.69) is 31.1 Å². The third-order valence-electron chi connectivity index (χ3n) is 6.14. The SMILES string of the molecule is CCCCc1ccc(NC(=O)c2ccc3c(c2)N=C(N)CC(C(=O)N(CCC)CCC)=C3)cc1C=O. The van der Waals surface area contributed by atoms with Crippen LogP contribution < -0.4 is 11.1 Å². The number of aryl methyl sites for hydroxylation is 1. The van der Waals surface area contributed by atoms with Crippen LogP contribution in [0.15, 0.2) is 47.0 Å². The van der Waals surface area contributed by atoms with Crippen molar-refractivity contribution in [2.45, 2.75) is 59.3 Å². The molecule has 0 aromatic heterocycles. The highest BCUT2D eigenvalue weighted by atomic mass is 16.2. The van der Waals surface area contributed by atoms with Crippen molar-refractivity contribution in [3.63, 3.8) is 0 Å². The van der Waals surface area contributed by atoms with Crippen molar-refractivity contribution >= 4 is 41.4 Å². The molecule has 0 aliphatic carbocycles. The maximum atomic E-state index is 13.2. The zero-order valence-corrected chi connectivity index (χ0v) is 21.5. The lowest BCUT2D eigenvalue weighted by Gasteiger charge is -2.22. The van der Waals surface area contributed by atoms with Crippen LogP contribution >= 0.6 is 0 Å². The molecule has 0 fully saturated rings. The number of nitrogens with two attached hydrogens (primary N) is 1. The summed E-state index contributed by atoms with van der Waals surface area (Å²) in [6.07, 6.45) is 7.56. The first-order chi connectivity index (χ1) is 17.4. The van der Waals surface area contributed by atoms with Gasteiger partial charge < -0.3 is 16.0 Å². The number of hydrogen-bond acceptors (Lipinski definition) is 5. The van der Waals surface area contributed by atoms with E-state index in [0.29, 0.717) is 47.0 Å². The quantitative estimate of drug-likeness (QED) is 0.406. The van der Waals surface area contributed by atoms with Crippen LogP contribution in [0.4, 0.5) is 11.4 Å². The molecule has 190 valence electrons. The number of carbonyl (C=O) groups is 3. The van der Waals surface area contributed by atoms with Gasteiger partial charge >= 0.3 is 0 Å². The van der Waals surface area contributed by atoms with Gasteiger partial charge in [-0.05, 0) is 61.6 Å². The summed E-state index contributed by atoms with van der Waals surface area (Å²) >= 11 is 0. The number of carbonyl (C=O) groups excluding carboxylic acids is 3. The predicted molar refractivity (Wildman–Crippen MR) is 146 cm³/mol. The molecule has 2 aromatic carbocycles. The van der Waals surface area contributed by atoms with Gasteiger partial charge in [0.05, 0.1) is 5.69 Å². The van der Waals surface area contributed by atoms with Crippen LogP contribution in [0.1, 0.15) is 84.7 Å². The first kappa shape index (κ1) is 26.9. The van der Waals surface area contributed by atoms with E-state index in [0.717, 1.165) is 49.5 Å². The standard InChI is InChI=1S/C29H36N4O3/c1-4-7-8-20-11-12-25(16-24(20)19-34)31-28(35)22-10-9-21-15-23(18-27(30)32-26(21)17-22)29(36)33(13-5-2)14-6-3/h9-12,15-17,19H,4-8,13-14,18H2,1-3H3,(H2,30,32)(H,31,35). The van der Waals surface area contributed by atoms with Crippen molar-refractivity contribution in [3.05, 3.63) is 64.2 Å². The number of nitrogens with zero attached hydrogens (tertiary/aromatic N) is 2. The van der Waals surface area contributed by atoms with Gasteiger partial charge in [-0.25, -0.2) is 4.99 Å². The molecule has 3 rings (SSSR count).